The van der Waals surface area contributed by atoms with Gasteiger partial charge in [-0.15, -0.1) is 0 Å². The van der Waals surface area contributed by atoms with Crippen LogP contribution < -0.4 is 0 Å². The molecule has 0 bridgehead atoms. The quantitative estimate of drug-likeness (QED) is 0.598. The number of ether oxygens (including phenoxy) is 1. The molecule has 1 rings (SSSR count). The number of alkyl halides is 3. The Hall–Kier alpha value is -1.07. The normalized spacial score (nSPS) is 19.6. The molecule has 164 valence electrons. The number of amides is 1. The summed E-state index contributed by atoms with van der Waals surface area (Å²) in [5.74, 6) is 0. The second kappa shape index (κ2) is 7.64. The van der Waals surface area contributed by atoms with E-state index in [1.165, 1.54) is 0 Å². The molecule has 1 amide bonds. The van der Waals surface area contributed by atoms with Crippen molar-refractivity contribution < 1.29 is 35.5 Å². The van der Waals surface area contributed by atoms with E-state index in [0.717, 1.165) is 11.0 Å². The van der Waals surface area contributed by atoms with E-state index in [4.69, 9.17) is 9.16 Å². The van der Waals surface area contributed by atoms with Crippen LogP contribution in [0.1, 0.15) is 41.5 Å². The standard InChI is InChI=1S/C17H30F3NO5SSi/c1-15(2,3)26-14(22)21-10-13(27(23,24)17(18,19)20)9-12(21)11-25-28(7,8)16(4,5)6/h9,12H,10-11H2,1-8H3. The predicted octanol–water partition coefficient (Wildman–Crippen LogP) is 4.45. The fraction of sp³-hybridized carbons (Fsp3) is 0.824. The lowest BCUT2D eigenvalue weighted by atomic mass is 10.2. The molecule has 28 heavy (non-hydrogen) atoms. The van der Waals surface area contributed by atoms with Gasteiger partial charge in [0, 0.05) is 0 Å². The highest BCUT2D eigenvalue weighted by Crippen LogP contribution is 2.38. The first kappa shape index (κ1) is 25.0. The molecule has 1 aliphatic rings. The molecular weight excluding hydrogens is 415 g/mol. The van der Waals surface area contributed by atoms with Gasteiger partial charge in [-0.05, 0) is 45.0 Å². The van der Waals surface area contributed by atoms with E-state index in [0.29, 0.717) is 0 Å². The number of carbonyl (C=O) groups excluding carboxylic acids is 1. The van der Waals surface area contributed by atoms with E-state index >= 15 is 0 Å². The maximum atomic E-state index is 13.0. The highest BCUT2D eigenvalue weighted by molar-refractivity contribution is 7.96. The smallest absolute Gasteiger partial charge is 0.444 e. The average molecular weight is 446 g/mol. The Morgan fingerprint density at radius 3 is 2.07 bits per heavy atom. The Labute approximate surface area is 166 Å². The van der Waals surface area contributed by atoms with Gasteiger partial charge >= 0.3 is 11.6 Å². The average Bonchev–Trinajstić information content (AvgIpc) is 2.85. The van der Waals surface area contributed by atoms with E-state index < -0.39 is 52.8 Å². The van der Waals surface area contributed by atoms with Crippen LogP contribution in [0.3, 0.4) is 0 Å². The molecule has 0 spiro atoms. The highest BCUT2D eigenvalue weighted by atomic mass is 32.2. The van der Waals surface area contributed by atoms with Crippen LogP contribution in [-0.4, -0.2) is 58.0 Å². The van der Waals surface area contributed by atoms with Gasteiger partial charge in [-0.1, -0.05) is 20.8 Å². The van der Waals surface area contributed by atoms with Crippen LogP contribution in [0, 0.1) is 0 Å². The molecule has 0 N–H and O–H groups in total. The zero-order chi connectivity index (χ0) is 22.3. The SMILES string of the molecule is CC(C)(C)OC(=O)N1CC(S(=O)(=O)C(F)(F)F)=CC1CO[Si](C)(C)C(C)(C)C. The molecule has 0 aromatic carbocycles. The number of sulfone groups is 1. The molecule has 0 radical (unpaired) electrons. The number of carbonyl (C=O) groups is 1. The van der Waals surface area contributed by atoms with E-state index in [-0.39, 0.29) is 11.6 Å². The summed E-state index contributed by atoms with van der Waals surface area (Å²) in [6, 6.07) is -0.962. The Morgan fingerprint density at radius 1 is 1.18 bits per heavy atom. The first-order valence-corrected chi connectivity index (χ1v) is 13.2. The molecule has 0 fully saturated rings. The van der Waals surface area contributed by atoms with Crippen LogP contribution in [-0.2, 0) is 19.0 Å². The molecule has 0 saturated heterocycles. The highest BCUT2D eigenvalue weighted by Gasteiger charge is 2.51. The van der Waals surface area contributed by atoms with Gasteiger partial charge in [-0.25, -0.2) is 13.2 Å². The molecule has 0 aliphatic carbocycles. The third kappa shape index (κ3) is 5.72. The van der Waals surface area contributed by atoms with Gasteiger partial charge in [0.15, 0.2) is 8.32 Å². The van der Waals surface area contributed by atoms with Crippen molar-refractivity contribution in [3.8, 4) is 0 Å². The van der Waals surface area contributed by atoms with Crippen molar-refractivity contribution in [2.75, 3.05) is 13.2 Å². The maximum absolute atomic E-state index is 13.0. The zero-order valence-corrected chi connectivity index (χ0v) is 19.4. The van der Waals surface area contributed by atoms with Crippen LogP contribution in [0.2, 0.25) is 18.1 Å². The van der Waals surface area contributed by atoms with Crippen molar-refractivity contribution in [1.82, 2.24) is 4.90 Å². The molecule has 0 aromatic rings. The van der Waals surface area contributed by atoms with Crippen molar-refractivity contribution in [3.63, 3.8) is 0 Å². The first-order chi connectivity index (χ1) is 12.2. The summed E-state index contributed by atoms with van der Waals surface area (Å²) in [5.41, 5.74) is -6.32. The summed E-state index contributed by atoms with van der Waals surface area (Å²) in [6.07, 6.45) is 0.0554. The number of rotatable bonds is 4. The van der Waals surface area contributed by atoms with Crippen molar-refractivity contribution in [2.45, 2.75) is 76.8 Å². The second-order valence-corrected chi connectivity index (χ2v) is 16.1. The molecule has 1 heterocycles. The van der Waals surface area contributed by atoms with Crippen molar-refractivity contribution in [3.05, 3.63) is 11.0 Å². The van der Waals surface area contributed by atoms with Crippen molar-refractivity contribution >= 4 is 24.2 Å². The Morgan fingerprint density at radius 2 is 1.68 bits per heavy atom. The summed E-state index contributed by atoms with van der Waals surface area (Å²) in [5, 5.41) is -0.160. The molecule has 1 atom stereocenters. The molecular formula is C17H30F3NO5SSi. The van der Waals surface area contributed by atoms with Crippen LogP contribution in [0.15, 0.2) is 11.0 Å². The third-order valence-electron chi connectivity index (χ3n) is 4.80. The predicted molar refractivity (Wildman–Crippen MR) is 103 cm³/mol. The first-order valence-electron chi connectivity index (χ1n) is 8.85. The van der Waals surface area contributed by atoms with E-state index in [9.17, 15) is 26.4 Å². The molecule has 0 aromatic heterocycles. The van der Waals surface area contributed by atoms with E-state index in [1.807, 2.05) is 33.9 Å². The number of nitrogens with zero attached hydrogens (tertiary/aromatic N) is 1. The lowest BCUT2D eigenvalue weighted by Gasteiger charge is -2.38. The summed E-state index contributed by atoms with van der Waals surface area (Å²) in [4.78, 5) is 12.6. The number of hydrogen-bond donors (Lipinski definition) is 0. The number of halogens is 3. The summed E-state index contributed by atoms with van der Waals surface area (Å²) < 4.78 is 73.7. The van der Waals surface area contributed by atoms with Crippen LogP contribution in [0.4, 0.5) is 18.0 Å². The van der Waals surface area contributed by atoms with Gasteiger partial charge in [0.05, 0.1) is 24.1 Å². The minimum atomic E-state index is -5.53. The fourth-order valence-electron chi connectivity index (χ4n) is 2.13. The Kier molecular flexibility index (Phi) is 6.81. The number of hydrogen-bond acceptors (Lipinski definition) is 5. The molecule has 6 nitrogen and oxygen atoms in total. The van der Waals surface area contributed by atoms with Crippen molar-refractivity contribution in [2.24, 2.45) is 0 Å². The summed E-state index contributed by atoms with van der Waals surface area (Å²) in [7, 11) is -7.80. The summed E-state index contributed by atoms with van der Waals surface area (Å²) >= 11 is 0. The van der Waals surface area contributed by atoms with Gasteiger partial charge in [-0.2, -0.15) is 13.2 Å². The van der Waals surface area contributed by atoms with Gasteiger partial charge in [0.25, 0.3) is 9.84 Å². The van der Waals surface area contributed by atoms with Crippen LogP contribution in [0.5, 0.6) is 0 Å². The monoisotopic (exact) mass is 445 g/mol. The minimum Gasteiger partial charge on any atom is -0.444 e. The summed E-state index contributed by atoms with van der Waals surface area (Å²) in [6.45, 7) is 13.9. The van der Waals surface area contributed by atoms with Gasteiger partial charge in [-0.3, -0.25) is 4.90 Å². The van der Waals surface area contributed by atoms with Gasteiger partial charge in [0.1, 0.15) is 5.60 Å². The maximum Gasteiger partial charge on any atom is 0.501 e. The zero-order valence-electron chi connectivity index (χ0n) is 17.6. The van der Waals surface area contributed by atoms with E-state index in [1.54, 1.807) is 20.8 Å². The van der Waals surface area contributed by atoms with Crippen LogP contribution in [0.25, 0.3) is 0 Å². The van der Waals surface area contributed by atoms with E-state index in [2.05, 4.69) is 0 Å². The van der Waals surface area contributed by atoms with Crippen LogP contribution >= 0.6 is 0 Å². The largest absolute Gasteiger partial charge is 0.501 e. The molecule has 1 aliphatic heterocycles. The second-order valence-electron chi connectivity index (χ2n) is 9.33. The molecule has 0 saturated carbocycles. The fourth-order valence-corrected chi connectivity index (χ4v) is 4.10. The minimum absolute atomic E-state index is 0.105. The lowest BCUT2D eigenvalue weighted by Crippen LogP contribution is -2.47. The lowest BCUT2D eigenvalue weighted by molar-refractivity contribution is -0.0428. The van der Waals surface area contributed by atoms with Gasteiger partial charge in [0.2, 0.25) is 0 Å². The van der Waals surface area contributed by atoms with Gasteiger partial charge < -0.3 is 9.16 Å². The molecule has 1 unspecified atom stereocenters. The Bertz CT molecular complexity index is 733. The Balaban J connectivity index is 3.18. The third-order valence-corrected chi connectivity index (χ3v) is 10.9. The van der Waals surface area contributed by atoms with Crippen molar-refractivity contribution in [1.29, 1.82) is 0 Å². The topological polar surface area (TPSA) is 72.9 Å². The molecule has 11 heteroatoms.